The molecule has 3 rings (SSSR count). The van der Waals surface area contributed by atoms with Gasteiger partial charge >= 0.3 is 0 Å². The summed E-state index contributed by atoms with van der Waals surface area (Å²) in [5, 5.41) is 0. The fourth-order valence-corrected chi connectivity index (χ4v) is 4.13. The smallest absolute Gasteiger partial charge is 0.0864 e. The molecule has 0 amide bonds. The van der Waals surface area contributed by atoms with Gasteiger partial charge in [0.05, 0.1) is 12.2 Å². The molecule has 2 aliphatic rings. The van der Waals surface area contributed by atoms with Gasteiger partial charge in [-0.1, -0.05) is 32.0 Å². The molecule has 0 radical (unpaired) electrons. The average molecular weight is 303 g/mol. The molecule has 0 fully saturated rings. The van der Waals surface area contributed by atoms with Crippen molar-refractivity contribution in [3.8, 4) is 0 Å². The number of hydrogen-bond donors (Lipinski definition) is 0. The zero-order valence-electron chi connectivity index (χ0n) is 14.3. The van der Waals surface area contributed by atoms with Crippen LogP contribution < -0.4 is 4.90 Å². The molecule has 2 heterocycles. The predicted molar refractivity (Wildman–Crippen MR) is 90.4 cm³/mol. The van der Waals surface area contributed by atoms with Crippen LogP contribution in [0.4, 0.5) is 5.69 Å². The number of rotatable bonds is 5. The molecule has 0 unspecified atom stereocenters. The van der Waals surface area contributed by atoms with Gasteiger partial charge in [0.15, 0.2) is 0 Å². The van der Waals surface area contributed by atoms with Crippen LogP contribution in [0.15, 0.2) is 18.2 Å². The molecule has 1 aromatic rings. The molecule has 0 N–H and O–H groups in total. The van der Waals surface area contributed by atoms with Gasteiger partial charge in [-0.05, 0) is 32.6 Å². The lowest BCUT2D eigenvalue weighted by Crippen LogP contribution is -2.47. The van der Waals surface area contributed by atoms with Gasteiger partial charge < -0.3 is 14.4 Å². The van der Waals surface area contributed by atoms with E-state index >= 15 is 0 Å². The fraction of sp³-hybridized carbons (Fsp3) is 0.684. The third kappa shape index (κ3) is 2.65. The summed E-state index contributed by atoms with van der Waals surface area (Å²) in [5.74, 6) is 0.632. The number of nitrogens with zero attached hydrogens (tertiary/aromatic N) is 1. The van der Waals surface area contributed by atoms with Gasteiger partial charge in [0, 0.05) is 42.6 Å². The molecule has 0 aliphatic carbocycles. The summed E-state index contributed by atoms with van der Waals surface area (Å²) in [5.41, 5.74) is 4.12. The van der Waals surface area contributed by atoms with Gasteiger partial charge in [-0.3, -0.25) is 0 Å². The Bertz CT molecular complexity index is 500. The Morgan fingerprint density at radius 2 is 1.73 bits per heavy atom. The van der Waals surface area contributed by atoms with Crippen LogP contribution in [0.25, 0.3) is 0 Å². The fourth-order valence-electron chi connectivity index (χ4n) is 4.13. The van der Waals surface area contributed by atoms with Crippen molar-refractivity contribution in [2.45, 2.75) is 58.8 Å². The first-order chi connectivity index (χ1) is 10.7. The van der Waals surface area contributed by atoms with Crippen molar-refractivity contribution < 1.29 is 9.47 Å². The maximum absolute atomic E-state index is 6.09. The molecule has 0 bridgehead atoms. The summed E-state index contributed by atoms with van der Waals surface area (Å²) in [6, 6.07) is 7.23. The molecule has 1 aromatic carbocycles. The molecule has 22 heavy (non-hydrogen) atoms. The largest absolute Gasteiger partial charge is 0.374 e. The highest BCUT2D eigenvalue weighted by Gasteiger charge is 2.39. The second-order valence-corrected chi connectivity index (χ2v) is 6.70. The summed E-state index contributed by atoms with van der Waals surface area (Å²) in [6.45, 7) is 11.5. The van der Waals surface area contributed by atoms with E-state index in [1.165, 1.54) is 16.8 Å². The van der Waals surface area contributed by atoms with E-state index in [0.717, 1.165) is 32.6 Å². The Hall–Kier alpha value is -1.06. The summed E-state index contributed by atoms with van der Waals surface area (Å²) < 4.78 is 12.1. The van der Waals surface area contributed by atoms with Crippen LogP contribution in [0, 0.1) is 5.92 Å². The molecule has 0 saturated heterocycles. The van der Waals surface area contributed by atoms with Crippen LogP contribution in [0.1, 0.15) is 63.9 Å². The minimum absolute atomic E-state index is 0.226. The Kier molecular flexibility index (Phi) is 4.74. The van der Waals surface area contributed by atoms with Crippen molar-refractivity contribution >= 4 is 5.69 Å². The number of anilines is 1. The molecule has 3 atom stereocenters. The van der Waals surface area contributed by atoms with Crippen molar-refractivity contribution in [2.24, 2.45) is 5.92 Å². The number of para-hydroxylation sites is 1. The zero-order valence-corrected chi connectivity index (χ0v) is 14.3. The molecular weight excluding hydrogens is 274 g/mol. The molecule has 3 heteroatoms. The Morgan fingerprint density at radius 3 is 2.36 bits per heavy atom. The zero-order chi connectivity index (χ0) is 15.7. The maximum Gasteiger partial charge on any atom is 0.0864 e. The molecule has 0 spiro atoms. The average Bonchev–Trinajstić information content (AvgIpc) is 2.52. The lowest BCUT2D eigenvalue weighted by Gasteiger charge is -2.48. The van der Waals surface area contributed by atoms with Crippen molar-refractivity contribution in [3.05, 3.63) is 29.3 Å². The highest BCUT2D eigenvalue weighted by molar-refractivity contribution is 5.65. The normalized spacial score (nSPS) is 27.1. The summed E-state index contributed by atoms with van der Waals surface area (Å²) >= 11 is 0. The molecule has 0 saturated carbocycles. The van der Waals surface area contributed by atoms with Gasteiger partial charge in [0.25, 0.3) is 0 Å². The quantitative estimate of drug-likeness (QED) is 0.800. The lowest BCUT2D eigenvalue weighted by atomic mass is 9.82. The second kappa shape index (κ2) is 6.59. The molecule has 0 aromatic heterocycles. The van der Waals surface area contributed by atoms with Crippen LogP contribution in [0.2, 0.25) is 0 Å². The lowest BCUT2D eigenvalue weighted by molar-refractivity contribution is 0.0328. The molecule has 122 valence electrons. The standard InChI is InChI=1S/C19H29NO2/c1-5-21-17-10-11-20-16(13(3)4)12-18(22-6-2)15-9-7-8-14(17)19(15)20/h7-9,13,16-18H,5-6,10-12H2,1-4H3/t16-,17+,18-/m1/s1. The maximum atomic E-state index is 6.09. The monoisotopic (exact) mass is 303 g/mol. The third-order valence-electron chi connectivity index (χ3n) is 5.07. The van der Waals surface area contributed by atoms with Crippen LogP contribution in [-0.2, 0) is 9.47 Å². The first-order valence-corrected chi connectivity index (χ1v) is 8.80. The third-order valence-corrected chi connectivity index (χ3v) is 5.07. The highest BCUT2D eigenvalue weighted by atomic mass is 16.5. The second-order valence-electron chi connectivity index (χ2n) is 6.70. The van der Waals surface area contributed by atoms with E-state index in [4.69, 9.17) is 9.47 Å². The van der Waals surface area contributed by atoms with Crippen molar-refractivity contribution in [1.29, 1.82) is 0 Å². The predicted octanol–water partition coefficient (Wildman–Crippen LogP) is 4.48. The van der Waals surface area contributed by atoms with Gasteiger partial charge in [-0.2, -0.15) is 0 Å². The number of ether oxygens (including phenoxy) is 2. The molecule has 2 aliphatic heterocycles. The SMILES string of the molecule is CCO[C@H]1CCN2c3c1cccc3[C@H](OCC)C[C@@H]2C(C)C. The Balaban J connectivity index is 2.06. The van der Waals surface area contributed by atoms with Crippen molar-refractivity contribution in [2.75, 3.05) is 24.7 Å². The Morgan fingerprint density at radius 1 is 1.09 bits per heavy atom. The van der Waals surface area contributed by atoms with Crippen LogP contribution in [-0.4, -0.2) is 25.8 Å². The van der Waals surface area contributed by atoms with Crippen molar-refractivity contribution in [1.82, 2.24) is 0 Å². The van der Waals surface area contributed by atoms with Gasteiger partial charge in [0.2, 0.25) is 0 Å². The first kappa shape index (κ1) is 15.8. The number of benzene rings is 1. The van der Waals surface area contributed by atoms with E-state index in [9.17, 15) is 0 Å². The van der Waals surface area contributed by atoms with Crippen LogP contribution in [0.5, 0.6) is 0 Å². The highest BCUT2D eigenvalue weighted by Crippen LogP contribution is 2.48. The summed E-state index contributed by atoms with van der Waals surface area (Å²) in [7, 11) is 0. The van der Waals surface area contributed by atoms with E-state index in [1.807, 2.05) is 0 Å². The minimum atomic E-state index is 0.226. The number of hydrogen-bond acceptors (Lipinski definition) is 3. The summed E-state index contributed by atoms with van der Waals surface area (Å²) in [4.78, 5) is 2.63. The van der Waals surface area contributed by atoms with Gasteiger partial charge in [0.1, 0.15) is 0 Å². The summed E-state index contributed by atoms with van der Waals surface area (Å²) in [6.07, 6.45) is 2.65. The van der Waals surface area contributed by atoms with E-state index < -0.39 is 0 Å². The van der Waals surface area contributed by atoms with Gasteiger partial charge in [-0.25, -0.2) is 0 Å². The Labute approximate surface area is 134 Å². The van der Waals surface area contributed by atoms with Crippen molar-refractivity contribution in [3.63, 3.8) is 0 Å². The van der Waals surface area contributed by atoms with E-state index in [2.05, 4.69) is 50.8 Å². The molecule has 3 nitrogen and oxygen atoms in total. The minimum Gasteiger partial charge on any atom is -0.374 e. The first-order valence-electron chi connectivity index (χ1n) is 8.80. The van der Waals surface area contributed by atoms with Crippen LogP contribution in [0.3, 0.4) is 0 Å². The topological polar surface area (TPSA) is 21.7 Å². The van der Waals surface area contributed by atoms with E-state index in [1.54, 1.807) is 0 Å². The van der Waals surface area contributed by atoms with Crippen LogP contribution >= 0.6 is 0 Å². The van der Waals surface area contributed by atoms with E-state index in [0.29, 0.717) is 12.0 Å². The van der Waals surface area contributed by atoms with E-state index in [-0.39, 0.29) is 12.2 Å². The molecular formula is C19H29NO2. The van der Waals surface area contributed by atoms with Gasteiger partial charge in [-0.15, -0.1) is 0 Å².